The number of carboxylic acid groups (broad SMARTS) is 1. The Hall–Kier alpha value is -0.550. The Morgan fingerprint density at radius 3 is 3.00 bits per heavy atom. The van der Waals surface area contributed by atoms with Gasteiger partial charge in [-0.1, -0.05) is 6.92 Å². The minimum absolute atomic E-state index is 0.100. The van der Waals surface area contributed by atoms with E-state index in [2.05, 4.69) is 11.9 Å². The summed E-state index contributed by atoms with van der Waals surface area (Å²) in [4.78, 5) is 14.8. The maximum absolute atomic E-state index is 10.7. The van der Waals surface area contributed by atoms with Crippen LogP contribution in [0.5, 0.6) is 0 Å². The number of rotatable bonds is 2. The van der Waals surface area contributed by atoms with Gasteiger partial charge in [-0.05, 0) is 12.2 Å². The van der Waals surface area contributed by atoms with E-state index < -0.39 is 5.97 Å². The maximum atomic E-state index is 10.7. The molecular formula is C9H11NO2S2. The lowest BCUT2D eigenvalue weighted by Crippen LogP contribution is -2.20. The quantitative estimate of drug-likeness (QED) is 0.845. The zero-order valence-corrected chi connectivity index (χ0v) is 9.45. The summed E-state index contributed by atoms with van der Waals surface area (Å²) in [5, 5.41) is 11.4. The summed E-state index contributed by atoms with van der Waals surface area (Å²) in [6.07, 6.45) is 1.10. The maximum Gasteiger partial charge on any atom is 0.355 e. The zero-order chi connectivity index (χ0) is 10.2. The molecule has 3 nitrogen and oxygen atoms in total. The van der Waals surface area contributed by atoms with Crippen LogP contribution in [0.15, 0.2) is 5.38 Å². The van der Waals surface area contributed by atoms with Crippen molar-refractivity contribution < 1.29 is 9.90 Å². The van der Waals surface area contributed by atoms with Crippen molar-refractivity contribution in [3.05, 3.63) is 16.1 Å². The molecule has 76 valence electrons. The number of thioether (sulfide) groups is 1. The van der Waals surface area contributed by atoms with Crippen molar-refractivity contribution in [3.8, 4) is 0 Å². The van der Waals surface area contributed by atoms with E-state index in [1.165, 1.54) is 11.3 Å². The summed E-state index contributed by atoms with van der Waals surface area (Å²) in [6.45, 7) is 2.16. The van der Waals surface area contributed by atoms with Crippen LogP contribution < -0.4 is 0 Å². The summed E-state index contributed by atoms with van der Waals surface area (Å²) in [6, 6.07) is 0. The fourth-order valence-electron chi connectivity index (χ4n) is 1.48. The van der Waals surface area contributed by atoms with Crippen LogP contribution in [0, 0.1) is 0 Å². The number of thiazole rings is 1. The Labute approximate surface area is 90.6 Å². The molecule has 1 atom stereocenters. The third kappa shape index (κ3) is 1.66. The zero-order valence-electron chi connectivity index (χ0n) is 7.82. The molecule has 1 saturated heterocycles. The Morgan fingerprint density at radius 1 is 1.71 bits per heavy atom. The van der Waals surface area contributed by atoms with E-state index in [-0.39, 0.29) is 11.1 Å². The molecule has 0 saturated carbocycles. The number of carboxylic acids is 1. The molecule has 0 aromatic carbocycles. The van der Waals surface area contributed by atoms with Crippen LogP contribution in [0.3, 0.4) is 0 Å². The van der Waals surface area contributed by atoms with Gasteiger partial charge >= 0.3 is 5.97 Å². The first-order valence-electron chi connectivity index (χ1n) is 4.39. The molecule has 1 N–H and O–H groups in total. The highest BCUT2D eigenvalue weighted by molar-refractivity contribution is 7.99. The van der Waals surface area contributed by atoms with E-state index in [0.29, 0.717) is 0 Å². The van der Waals surface area contributed by atoms with Crippen LogP contribution >= 0.6 is 23.1 Å². The molecule has 0 radical (unpaired) electrons. The van der Waals surface area contributed by atoms with Gasteiger partial charge in [0.1, 0.15) is 5.01 Å². The molecule has 1 aromatic heterocycles. The second kappa shape index (κ2) is 3.55. The van der Waals surface area contributed by atoms with Crippen LogP contribution in [0.4, 0.5) is 0 Å². The molecule has 1 aliphatic rings. The van der Waals surface area contributed by atoms with E-state index >= 15 is 0 Å². The van der Waals surface area contributed by atoms with Crippen molar-refractivity contribution in [1.82, 2.24) is 4.98 Å². The lowest BCUT2D eigenvalue weighted by atomic mass is 9.91. The first-order chi connectivity index (χ1) is 6.62. The van der Waals surface area contributed by atoms with Gasteiger partial charge in [-0.25, -0.2) is 9.78 Å². The van der Waals surface area contributed by atoms with Gasteiger partial charge in [0.25, 0.3) is 0 Å². The number of aromatic nitrogens is 1. The van der Waals surface area contributed by atoms with Crippen molar-refractivity contribution >= 4 is 29.1 Å². The molecule has 1 fully saturated rings. The van der Waals surface area contributed by atoms with Crippen LogP contribution in [0.1, 0.15) is 28.8 Å². The highest BCUT2D eigenvalue weighted by Crippen LogP contribution is 2.39. The molecule has 0 aliphatic carbocycles. The van der Waals surface area contributed by atoms with Gasteiger partial charge in [-0.15, -0.1) is 11.3 Å². The van der Waals surface area contributed by atoms with E-state index in [1.807, 2.05) is 11.8 Å². The van der Waals surface area contributed by atoms with E-state index in [9.17, 15) is 4.79 Å². The number of carbonyl (C=O) groups is 1. The SMILES string of the molecule is CC1(c2nc(C(=O)O)cs2)CCSC1. The van der Waals surface area contributed by atoms with Crippen molar-refractivity contribution in [3.63, 3.8) is 0 Å². The molecule has 0 amide bonds. The molecule has 1 aromatic rings. The van der Waals surface area contributed by atoms with Crippen molar-refractivity contribution in [2.45, 2.75) is 18.8 Å². The Kier molecular flexibility index (Phi) is 2.53. The van der Waals surface area contributed by atoms with Crippen molar-refractivity contribution in [2.24, 2.45) is 0 Å². The standard InChI is InChI=1S/C9H11NO2S2/c1-9(2-3-13-5-9)8-10-6(4-14-8)7(11)12/h4H,2-3,5H2,1H3,(H,11,12). The summed E-state index contributed by atoms with van der Waals surface area (Å²) >= 11 is 3.38. The van der Waals surface area contributed by atoms with E-state index in [4.69, 9.17) is 5.11 Å². The molecule has 0 spiro atoms. The fourth-order valence-corrected chi connectivity index (χ4v) is 4.03. The van der Waals surface area contributed by atoms with Gasteiger partial charge in [-0.3, -0.25) is 0 Å². The predicted octanol–water partition coefficient (Wildman–Crippen LogP) is 2.24. The lowest BCUT2D eigenvalue weighted by molar-refractivity contribution is 0.0691. The first-order valence-corrected chi connectivity index (χ1v) is 6.42. The smallest absolute Gasteiger partial charge is 0.355 e. The van der Waals surface area contributed by atoms with Gasteiger partial charge in [0, 0.05) is 16.5 Å². The number of nitrogens with zero attached hydrogens (tertiary/aromatic N) is 1. The normalized spacial score (nSPS) is 26.6. The van der Waals surface area contributed by atoms with Gasteiger partial charge < -0.3 is 5.11 Å². The molecule has 14 heavy (non-hydrogen) atoms. The molecule has 5 heteroatoms. The largest absolute Gasteiger partial charge is 0.476 e. The second-order valence-electron chi connectivity index (χ2n) is 3.71. The summed E-state index contributed by atoms with van der Waals surface area (Å²) < 4.78 is 0. The van der Waals surface area contributed by atoms with E-state index in [0.717, 1.165) is 22.9 Å². The van der Waals surface area contributed by atoms with Crippen LogP contribution in [0.25, 0.3) is 0 Å². The minimum atomic E-state index is -0.929. The predicted molar refractivity (Wildman–Crippen MR) is 58.4 cm³/mol. The van der Waals surface area contributed by atoms with Crippen LogP contribution in [-0.4, -0.2) is 27.6 Å². The Balaban J connectivity index is 2.28. The summed E-state index contributed by atoms with van der Waals surface area (Å²) in [5.41, 5.74) is 0.284. The van der Waals surface area contributed by atoms with Crippen LogP contribution in [-0.2, 0) is 5.41 Å². The molecule has 2 heterocycles. The minimum Gasteiger partial charge on any atom is -0.476 e. The average Bonchev–Trinajstić information content (AvgIpc) is 2.71. The van der Waals surface area contributed by atoms with Gasteiger partial charge in [0.15, 0.2) is 5.69 Å². The lowest BCUT2D eigenvalue weighted by Gasteiger charge is -2.18. The van der Waals surface area contributed by atoms with Gasteiger partial charge in [0.05, 0.1) is 0 Å². The topological polar surface area (TPSA) is 50.2 Å². The fraction of sp³-hybridized carbons (Fsp3) is 0.556. The van der Waals surface area contributed by atoms with Gasteiger partial charge in [0.2, 0.25) is 0 Å². The molecule has 1 unspecified atom stereocenters. The third-order valence-corrected chi connectivity index (χ3v) is 4.94. The number of hydrogen-bond acceptors (Lipinski definition) is 4. The monoisotopic (exact) mass is 229 g/mol. The highest BCUT2D eigenvalue weighted by atomic mass is 32.2. The molecule has 2 rings (SSSR count). The average molecular weight is 229 g/mol. The highest BCUT2D eigenvalue weighted by Gasteiger charge is 2.34. The first kappa shape index (κ1) is 9.98. The van der Waals surface area contributed by atoms with Crippen LogP contribution in [0.2, 0.25) is 0 Å². The summed E-state index contributed by atoms with van der Waals surface area (Å²) in [5.74, 6) is 1.28. The molecule has 1 aliphatic heterocycles. The molecule has 0 bridgehead atoms. The number of aromatic carboxylic acids is 1. The Bertz CT molecular complexity index is 355. The second-order valence-corrected chi connectivity index (χ2v) is 5.67. The number of hydrogen-bond donors (Lipinski definition) is 1. The molecular weight excluding hydrogens is 218 g/mol. The van der Waals surface area contributed by atoms with Crippen molar-refractivity contribution in [2.75, 3.05) is 11.5 Å². The van der Waals surface area contributed by atoms with Gasteiger partial charge in [-0.2, -0.15) is 11.8 Å². The van der Waals surface area contributed by atoms with Crippen molar-refractivity contribution in [1.29, 1.82) is 0 Å². The Morgan fingerprint density at radius 2 is 2.50 bits per heavy atom. The van der Waals surface area contributed by atoms with E-state index in [1.54, 1.807) is 5.38 Å². The third-order valence-electron chi connectivity index (χ3n) is 2.46. The summed E-state index contributed by atoms with van der Waals surface area (Å²) in [7, 11) is 0.